The second kappa shape index (κ2) is 7.38. The number of hydrogen-bond acceptors (Lipinski definition) is 2. The lowest BCUT2D eigenvalue weighted by Crippen LogP contribution is -2.30. The number of rotatable bonds is 5. The summed E-state index contributed by atoms with van der Waals surface area (Å²) in [5.74, 6) is -4.22. The molecule has 0 aliphatic carbocycles. The fourth-order valence-electron chi connectivity index (χ4n) is 2.05. The van der Waals surface area contributed by atoms with E-state index in [1.54, 1.807) is 12.1 Å². The Morgan fingerprint density at radius 1 is 0.958 bits per heavy atom. The first-order valence-electron chi connectivity index (χ1n) is 7.50. The minimum atomic E-state index is -1.63. The fourth-order valence-corrected chi connectivity index (χ4v) is 2.05. The number of amides is 1. The van der Waals surface area contributed by atoms with Gasteiger partial charge in [-0.2, -0.15) is 0 Å². The SMILES string of the molecule is CC(C)c1ccc(O[C@H](C)C(=O)Nc2ccc(F)c(F)c2F)cc1. The highest BCUT2D eigenvalue weighted by Crippen LogP contribution is 2.21. The van der Waals surface area contributed by atoms with Crippen LogP contribution in [0.3, 0.4) is 0 Å². The van der Waals surface area contributed by atoms with Crippen molar-refractivity contribution in [2.45, 2.75) is 32.8 Å². The van der Waals surface area contributed by atoms with E-state index in [2.05, 4.69) is 19.2 Å². The summed E-state index contributed by atoms with van der Waals surface area (Å²) in [7, 11) is 0. The van der Waals surface area contributed by atoms with Crippen LogP contribution in [-0.2, 0) is 4.79 Å². The monoisotopic (exact) mass is 337 g/mol. The summed E-state index contributed by atoms with van der Waals surface area (Å²) in [6.45, 7) is 5.59. The zero-order chi connectivity index (χ0) is 17.9. The summed E-state index contributed by atoms with van der Waals surface area (Å²) in [6.07, 6.45) is -0.942. The van der Waals surface area contributed by atoms with Crippen molar-refractivity contribution in [2.75, 3.05) is 5.32 Å². The molecule has 0 bridgehead atoms. The Morgan fingerprint density at radius 3 is 2.17 bits per heavy atom. The van der Waals surface area contributed by atoms with E-state index in [9.17, 15) is 18.0 Å². The minimum absolute atomic E-state index is 0.371. The molecule has 0 heterocycles. The van der Waals surface area contributed by atoms with Gasteiger partial charge in [0.15, 0.2) is 23.6 Å². The number of benzene rings is 2. The van der Waals surface area contributed by atoms with Crippen molar-refractivity contribution in [2.24, 2.45) is 0 Å². The lowest BCUT2D eigenvalue weighted by Gasteiger charge is -2.16. The number of halogens is 3. The van der Waals surface area contributed by atoms with E-state index >= 15 is 0 Å². The van der Waals surface area contributed by atoms with Crippen molar-refractivity contribution in [3.8, 4) is 5.75 Å². The number of carbonyl (C=O) groups excluding carboxylic acids is 1. The smallest absolute Gasteiger partial charge is 0.265 e. The maximum Gasteiger partial charge on any atom is 0.265 e. The van der Waals surface area contributed by atoms with Gasteiger partial charge in [-0.1, -0.05) is 26.0 Å². The van der Waals surface area contributed by atoms with Gasteiger partial charge in [0.2, 0.25) is 0 Å². The molecule has 2 rings (SSSR count). The zero-order valence-corrected chi connectivity index (χ0v) is 13.6. The molecule has 1 atom stereocenters. The van der Waals surface area contributed by atoms with Crippen molar-refractivity contribution in [3.05, 3.63) is 59.4 Å². The predicted molar refractivity (Wildman–Crippen MR) is 85.6 cm³/mol. The summed E-state index contributed by atoms with van der Waals surface area (Å²) in [5.41, 5.74) is 0.688. The van der Waals surface area contributed by atoms with Gasteiger partial charge in [-0.15, -0.1) is 0 Å². The Labute approximate surface area is 138 Å². The topological polar surface area (TPSA) is 38.3 Å². The van der Waals surface area contributed by atoms with Crippen LogP contribution in [0.5, 0.6) is 5.75 Å². The molecule has 24 heavy (non-hydrogen) atoms. The average molecular weight is 337 g/mol. The van der Waals surface area contributed by atoms with Crippen molar-refractivity contribution in [1.29, 1.82) is 0 Å². The summed E-state index contributed by atoms with van der Waals surface area (Å²) < 4.78 is 45.1. The number of carbonyl (C=O) groups is 1. The standard InChI is InChI=1S/C18H18F3NO2/c1-10(2)12-4-6-13(7-5-12)24-11(3)18(23)22-15-9-8-14(19)16(20)17(15)21/h4-11H,1-3H3,(H,22,23)/t11-/m1/s1. The number of nitrogens with one attached hydrogen (secondary N) is 1. The Morgan fingerprint density at radius 2 is 1.58 bits per heavy atom. The fraction of sp³-hybridized carbons (Fsp3) is 0.278. The number of hydrogen-bond donors (Lipinski definition) is 1. The van der Waals surface area contributed by atoms with Crippen molar-refractivity contribution >= 4 is 11.6 Å². The summed E-state index contributed by atoms with van der Waals surface area (Å²) in [5, 5.41) is 2.18. The molecule has 1 amide bonds. The Bertz CT molecular complexity index is 730. The quantitative estimate of drug-likeness (QED) is 0.808. The third-order valence-corrected chi connectivity index (χ3v) is 3.52. The summed E-state index contributed by atoms with van der Waals surface area (Å²) in [6, 6.07) is 8.94. The van der Waals surface area contributed by atoms with Crippen LogP contribution in [0.1, 0.15) is 32.3 Å². The van der Waals surface area contributed by atoms with Crippen molar-refractivity contribution < 1.29 is 22.7 Å². The van der Waals surface area contributed by atoms with Crippen LogP contribution in [0, 0.1) is 17.5 Å². The molecule has 0 saturated carbocycles. The van der Waals surface area contributed by atoms with Crippen LogP contribution in [0.15, 0.2) is 36.4 Å². The normalized spacial score (nSPS) is 12.1. The molecule has 2 aromatic carbocycles. The van der Waals surface area contributed by atoms with Gasteiger partial charge in [0.1, 0.15) is 5.75 Å². The van der Waals surface area contributed by atoms with E-state index in [0.717, 1.165) is 17.7 Å². The molecule has 0 aliphatic rings. The molecule has 128 valence electrons. The van der Waals surface area contributed by atoms with Crippen molar-refractivity contribution in [1.82, 2.24) is 0 Å². The van der Waals surface area contributed by atoms with Crippen molar-refractivity contribution in [3.63, 3.8) is 0 Å². The van der Waals surface area contributed by atoms with Crippen LogP contribution < -0.4 is 10.1 Å². The molecule has 0 spiro atoms. The van der Waals surface area contributed by atoms with Gasteiger partial charge in [0.25, 0.3) is 5.91 Å². The highest BCUT2D eigenvalue weighted by molar-refractivity contribution is 5.94. The lowest BCUT2D eigenvalue weighted by atomic mass is 10.0. The Kier molecular flexibility index (Phi) is 5.49. The van der Waals surface area contributed by atoms with Gasteiger partial charge < -0.3 is 10.1 Å². The van der Waals surface area contributed by atoms with Crippen LogP contribution >= 0.6 is 0 Å². The number of ether oxygens (including phenoxy) is 1. The molecular formula is C18H18F3NO2. The van der Waals surface area contributed by atoms with Gasteiger partial charge in [0.05, 0.1) is 5.69 Å². The first kappa shape index (κ1) is 17.8. The van der Waals surface area contributed by atoms with E-state index in [1.807, 2.05) is 12.1 Å². The summed E-state index contributed by atoms with van der Waals surface area (Å²) in [4.78, 5) is 12.0. The van der Waals surface area contributed by atoms with Crippen LogP contribution in [0.2, 0.25) is 0 Å². The van der Waals surface area contributed by atoms with Gasteiger partial charge in [-0.25, -0.2) is 13.2 Å². The van der Waals surface area contributed by atoms with Gasteiger partial charge in [-0.3, -0.25) is 4.79 Å². The first-order valence-corrected chi connectivity index (χ1v) is 7.50. The van der Waals surface area contributed by atoms with Gasteiger partial charge in [0, 0.05) is 0 Å². The third kappa shape index (κ3) is 4.07. The molecule has 0 aromatic heterocycles. The van der Waals surface area contributed by atoms with Gasteiger partial charge >= 0.3 is 0 Å². The van der Waals surface area contributed by atoms with E-state index in [-0.39, 0.29) is 0 Å². The zero-order valence-electron chi connectivity index (χ0n) is 13.6. The minimum Gasteiger partial charge on any atom is -0.481 e. The molecule has 6 heteroatoms. The van der Waals surface area contributed by atoms with E-state index in [1.165, 1.54) is 6.92 Å². The maximum absolute atomic E-state index is 13.6. The van der Waals surface area contributed by atoms with Crippen LogP contribution in [-0.4, -0.2) is 12.0 Å². The van der Waals surface area contributed by atoms with E-state index in [4.69, 9.17) is 4.74 Å². The largest absolute Gasteiger partial charge is 0.481 e. The molecule has 2 aromatic rings. The van der Waals surface area contributed by atoms with Gasteiger partial charge in [-0.05, 0) is 42.7 Å². The predicted octanol–water partition coefficient (Wildman–Crippen LogP) is 4.63. The molecule has 1 N–H and O–H groups in total. The summed E-state index contributed by atoms with van der Waals surface area (Å²) >= 11 is 0. The second-order valence-corrected chi connectivity index (χ2v) is 5.70. The molecular weight excluding hydrogens is 319 g/mol. The highest BCUT2D eigenvalue weighted by Gasteiger charge is 2.19. The lowest BCUT2D eigenvalue weighted by molar-refractivity contribution is -0.122. The average Bonchev–Trinajstić information content (AvgIpc) is 2.55. The second-order valence-electron chi connectivity index (χ2n) is 5.70. The molecule has 0 aliphatic heterocycles. The molecule has 0 radical (unpaired) electrons. The Hall–Kier alpha value is -2.50. The maximum atomic E-state index is 13.6. The first-order chi connectivity index (χ1) is 11.3. The number of anilines is 1. The third-order valence-electron chi connectivity index (χ3n) is 3.52. The van der Waals surface area contributed by atoms with Crippen LogP contribution in [0.25, 0.3) is 0 Å². The Balaban J connectivity index is 2.03. The van der Waals surface area contributed by atoms with E-state index in [0.29, 0.717) is 11.7 Å². The highest BCUT2D eigenvalue weighted by atomic mass is 19.2. The molecule has 3 nitrogen and oxygen atoms in total. The molecule has 0 fully saturated rings. The van der Waals surface area contributed by atoms with Crippen LogP contribution in [0.4, 0.5) is 18.9 Å². The van der Waals surface area contributed by atoms with E-state index < -0.39 is 35.2 Å². The molecule has 0 unspecified atom stereocenters. The molecule has 0 saturated heterocycles.